The summed E-state index contributed by atoms with van der Waals surface area (Å²) in [6, 6.07) is 0.754. The molecule has 2 atom stereocenters. The molecule has 0 aliphatic carbocycles. The minimum absolute atomic E-state index is 0.325. The maximum absolute atomic E-state index is 5.19. The van der Waals surface area contributed by atoms with Crippen LogP contribution >= 0.6 is 0 Å². The molecule has 1 heterocycles. The van der Waals surface area contributed by atoms with Crippen molar-refractivity contribution in [2.75, 3.05) is 33.3 Å². The molecule has 1 fully saturated rings. The molecule has 1 aliphatic heterocycles. The lowest BCUT2D eigenvalue weighted by atomic mass is 10.2. The fraction of sp³-hybridized carbons (Fsp3) is 1.00. The summed E-state index contributed by atoms with van der Waals surface area (Å²) in [6.07, 6.45) is 3.04. The third-order valence-electron chi connectivity index (χ3n) is 3.12. The largest absolute Gasteiger partial charge is 0.380 e. The van der Waals surface area contributed by atoms with Crippen molar-refractivity contribution in [1.29, 1.82) is 0 Å². The van der Waals surface area contributed by atoms with Gasteiger partial charge < -0.3 is 10.1 Å². The van der Waals surface area contributed by atoms with Crippen molar-refractivity contribution in [3.8, 4) is 0 Å². The molecule has 1 aliphatic rings. The molecular weight excluding hydrogens is 176 g/mol. The van der Waals surface area contributed by atoms with Crippen LogP contribution in [0.1, 0.15) is 26.7 Å². The van der Waals surface area contributed by atoms with Crippen molar-refractivity contribution in [1.82, 2.24) is 10.2 Å². The van der Waals surface area contributed by atoms with Crippen molar-refractivity contribution in [2.45, 2.75) is 38.8 Å². The molecular formula is C11H24N2O. The number of nitrogens with one attached hydrogen (secondary N) is 1. The highest BCUT2D eigenvalue weighted by Crippen LogP contribution is 2.15. The van der Waals surface area contributed by atoms with Gasteiger partial charge in [0.05, 0.1) is 6.10 Å². The Morgan fingerprint density at radius 1 is 1.57 bits per heavy atom. The summed E-state index contributed by atoms with van der Waals surface area (Å²) in [5, 5.41) is 3.48. The smallest absolute Gasteiger partial charge is 0.0667 e. The molecule has 3 nitrogen and oxygen atoms in total. The molecule has 84 valence electrons. The van der Waals surface area contributed by atoms with Crippen LogP contribution in [0.15, 0.2) is 0 Å². The quantitative estimate of drug-likeness (QED) is 0.695. The first-order valence-electron chi connectivity index (χ1n) is 5.75. The van der Waals surface area contributed by atoms with Crippen molar-refractivity contribution < 1.29 is 4.74 Å². The maximum Gasteiger partial charge on any atom is 0.0667 e. The molecule has 0 bridgehead atoms. The predicted molar refractivity (Wildman–Crippen MR) is 59.6 cm³/mol. The molecule has 0 amide bonds. The van der Waals surface area contributed by atoms with E-state index in [-0.39, 0.29) is 0 Å². The lowest BCUT2D eigenvalue weighted by molar-refractivity contribution is 0.115. The van der Waals surface area contributed by atoms with E-state index >= 15 is 0 Å². The molecule has 0 aromatic rings. The molecule has 0 unspecified atom stereocenters. The maximum atomic E-state index is 5.19. The summed E-state index contributed by atoms with van der Waals surface area (Å²) < 4.78 is 5.19. The van der Waals surface area contributed by atoms with Gasteiger partial charge in [-0.1, -0.05) is 6.92 Å². The van der Waals surface area contributed by atoms with Crippen LogP contribution in [0.5, 0.6) is 0 Å². The summed E-state index contributed by atoms with van der Waals surface area (Å²) in [4.78, 5) is 2.56. The Morgan fingerprint density at radius 3 is 3.00 bits per heavy atom. The van der Waals surface area contributed by atoms with Gasteiger partial charge in [0.2, 0.25) is 0 Å². The number of nitrogens with zero attached hydrogens (tertiary/aromatic N) is 1. The Balaban J connectivity index is 2.11. The van der Waals surface area contributed by atoms with Crippen LogP contribution in [0.4, 0.5) is 0 Å². The van der Waals surface area contributed by atoms with Gasteiger partial charge in [0.1, 0.15) is 0 Å². The first-order valence-corrected chi connectivity index (χ1v) is 5.75. The Hall–Kier alpha value is -0.120. The monoisotopic (exact) mass is 200 g/mol. The van der Waals surface area contributed by atoms with E-state index < -0.39 is 0 Å². The minimum atomic E-state index is 0.325. The van der Waals surface area contributed by atoms with Crippen LogP contribution in [-0.2, 0) is 4.74 Å². The molecule has 0 aromatic carbocycles. The van der Waals surface area contributed by atoms with E-state index in [2.05, 4.69) is 24.1 Å². The number of hydrogen-bond donors (Lipinski definition) is 1. The average molecular weight is 200 g/mol. The fourth-order valence-electron chi connectivity index (χ4n) is 2.08. The highest BCUT2D eigenvalue weighted by atomic mass is 16.5. The first-order chi connectivity index (χ1) is 6.77. The van der Waals surface area contributed by atoms with Crippen molar-refractivity contribution >= 4 is 0 Å². The number of hydrogen-bond acceptors (Lipinski definition) is 3. The van der Waals surface area contributed by atoms with Gasteiger partial charge >= 0.3 is 0 Å². The van der Waals surface area contributed by atoms with Gasteiger partial charge in [-0.05, 0) is 32.9 Å². The van der Waals surface area contributed by atoms with Crippen LogP contribution in [0.2, 0.25) is 0 Å². The van der Waals surface area contributed by atoms with Gasteiger partial charge in [0, 0.05) is 26.2 Å². The van der Waals surface area contributed by atoms with Crippen LogP contribution in [0.3, 0.4) is 0 Å². The Kier molecular flexibility index (Phi) is 5.45. The zero-order chi connectivity index (χ0) is 10.4. The van der Waals surface area contributed by atoms with Gasteiger partial charge in [-0.15, -0.1) is 0 Å². The third kappa shape index (κ3) is 3.56. The minimum Gasteiger partial charge on any atom is -0.380 e. The molecule has 1 N–H and O–H groups in total. The number of methoxy groups -OCH3 is 1. The van der Waals surface area contributed by atoms with E-state index in [9.17, 15) is 0 Å². The van der Waals surface area contributed by atoms with Gasteiger partial charge in [0.15, 0.2) is 0 Å². The zero-order valence-corrected chi connectivity index (χ0v) is 9.75. The third-order valence-corrected chi connectivity index (χ3v) is 3.12. The van der Waals surface area contributed by atoms with Gasteiger partial charge in [-0.25, -0.2) is 0 Å². The molecule has 14 heavy (non-hydrogen) atoms. The predicted octanol–water partition coefficient (Wildman–Crippen LogP) is 1.10. The molecule has 0 saturated carbocycles. The molecule has 1 rings (SSSR count). The van der Waals surface area contributed by atoms with Gasteiger partial charge in [-0.3, -0.25) is 4.90 Å². The molecule has 3 heteroatoms. The second-order valence-corrected chi connectivity index (χ2v) is 4.13. The Bertz CT molecular complexity index is 152. The Labute approximate surface area is 87.8 Å². The van der Waals surface area contributed by atoms with Crippen LogP contribution in [0, 0.1) is 0 Å². The normalized spacial score (nSPS) is 25.5. The summed E-state index contributed by atoms with van der Waals surface area (Å²) in [7, 11) is 1.76. The SMILES string of the molecule is CCN1CCC[C@@H]1CNC[C@@H](C)OC. The summed E-state index contributed by atoms with van der Waals surface area (Å²) in [6.45, 7) is 8.89. The summed E-state index contributed by atoms with van der Waals surface area (Å²) >= 11 is 0. The molecule has 0 radical (unpaired) electrons. The molecule has 0 spiro atoms. The van der Waals surface area contributed by atoms with Gasteiger partial charge in [0.25, 0.3) is 0 Å². The number of likely N-dealkylation sites (tertiary alicyclic amines) is 1. The highest BCUT2D eigenvalue weighted by Gasteiger charge is 2.22. The van der Waals surface area contributed by atoms with Crippen molar-refractivity contribution in [2.24, 2.45) is 0 Å². The van der Waals surface area contributed by atoms with E-state index in [1.165, 1.54) is 25.9 Å². The molecule has 0 aromatic heterocycles. The molecule has 1 saturated heterocycles. The second-order valence-electron chi connectivity index (χ2n) is 4.13. The van der Waals surface area contributed by atoms with Crippen molar-refractivity contribution in [3.05, 3.63) is 0 Å². The van der Waals surface area contributed by atoms with E-state index in [4.69, 9.17) is 4.74 Å². The summed E-state index contributed by atoms with van der Waals surface area (Å²) in [5.74, 6) is 0. The number of rotatable bonds is 6. The zero-order valence-electron chi connectivity index (χ0n) is 9.75. The second kappa shape index (κ2) is 6.38. The van der Waals surface area contributed by atoms with E-state index in [0.717, 1.165) is 19.1 Å². The number of ether oxygens (including phenoxy) is 1. The van der Waals surface area contributed by atoms with Gasteiger partial charge in [-0.2, -0.15) is 0 Å². The highest BCUT2D eigenvalue weighted by molar-refractivity contribution is 4.80. The fourth-order valence-corrected chi connectivity index (χ4v) is 2.08. The van der Waals surface area contributed by atoms with E-state index in [0.29, 0.717) is 6.10 Å². The van der Waals surface area contributed by atoms with Crippen LogP contribution < -0.4 is 5.32 Å². The lowest BCUT2D eigenvalue weighted by Crippen LogP contribution is -2.40. The van der Waals surface area contributed by atoms with E-state index in [1.807, 2.05) is 0 Å². The lowest BCUT2D eigenvalue weighted by Gasteiger charge is -2.23. The van der Waals surface area contributed by atoms with Crippen LogP contribution in [-0.4, -0.2) is 50.3 Å². The first kappa shape index (κ1) is 12.0. The van der Waals surface area contributed by atoms with Crippen LogP contribution in [0.25, 0.3) is 0 Å². The topological polar surface area (TPSA) is 24.5 Å². The summed E-state index contributed by atoms with van der Waals surface area (Å²) in [5.41, 5.74) is 0. The number of likely N-dealkylation sites (N-methyl/N-ethyl adjacent to an activating group) is 1. The standard InChI is InChI=1S/C11H24N2O/c1-4-13-7-5-6-11(13)9-12-8-10(2)14-3/h10-12H,4-9H2,1-3H3/t10-,11-/m1/s1. The van der Waals surface area contributed by atoms with E-state index in [1.54, 1.807) is 7.11 Å². The Morgan fingerprint density at radius 2 is 2.36 bits per heavy atom. The average Bonchev–Trinajstić information content (AvgIpc) is 2.65. The van der Waals surface area contributed by atoms with Crippen molar-refractivity contribution in [3.63, 3.8) is 0 Å².